The van der Waals surface area contributed by atoms with Crippen LogP contribution in [0.2, 0.25) is 0 Å². The molecule has 0 saturated heterocycles. The van der Waals surface area contributed by atoms with Crippen LogP contribution in [0.15, 0.2) is 41.4 Å². The van der Waals surface area contributed by atoms with Gasteiger partial charge in [0.15, 0.2) is 5.82 Å². The zero-order valence-electron chi connectivity index (χ0n) is 19.7. The quantitative estimate of drug-likeness (QED) is 0.405. The number of hydrogen-bond acceptors (Lipinski definition) is 5. The molecule has 4 aromatic rings. The van der Waals surface area contributed by atoms with E-state index in [-0.39, 0.29) is 0 Å². The molecule has 8 nitrogen and oxygen atoms in total. The molecule has 0 fully saturated rings. The second kappa shape index (κ2) is 8.64. The van der Waals surface area contributed by atoms with Crippen LogP contribution in [0.25, 0.3) is 10.9 Å². The Morgan fingerprint density at radius 2 is 1.76 bits per heavy atom. The van der Waals surface area contributed by atoms with Crippen LogP contribution in [0.1, 0.15) is 48.0 Å². The van der Waals surface area contributed by atoms with Crippen molar-refractivity contribution in [3.63, 3.8) is 0 Å². The van der Waals surface area contributed by atoms with Crippen molar-refractivity contribution in [1.82, 2.24) is 24.5 Å². The molecule has 4 rings (SSSR count). The molecule has 0 unspecified atom stereocenters. The molecule has 9 heteroatoms. The summed E-state index contributed by atoms with van der Waals surface area (Å²) in [5.74, 6) is 1.10. The lowest BCUT2D eigenvalue weighted by Gasteiger charge is -2.19. The molecule has 0 aliphatic carbocycles. The molecule has 174 valence electrons. The molecule has 0 amide bonds. The van der Waals surface area contributed by atoms with E-state index < -0.39 is 16.1 Å². The lowest BCUT2D eigenvalue weighted by molar-refractivity contribution is 0.408. The van der Waals surface area contributed by atoms with Gasteiger partial charge in [0.1, 0.15) is 5.75 Å². The second-order valence-electron chi connectivity index (χ2n) is 8.35. The summed E-state index contributed by atoms with van der Waals surface area (Å²) >= 11 is 0. The van der Waals surface area contributed by atoms with Gasteiger partial charge in [-0.25, -0.2) is 13.1 Å². The zero-order chi connectivity index (χ0) is 23.9. The summed E-state index contributed by atoms with van der Waals surface area (Å²) in [5, 5.41) is 9.51. The molecular formula is C24H29N5O3S. The number of benzene rings is 2. The molecule has 1 atom stereocenters. The van der Waals surface area contributed by atoms with Crippen molar-refractivity contribution in [2.24, 2.45) is 0 Å². The van der Waals surface area contributed by atoms with Crippen molar-refractivity contribution in [3.8, 4) is 11.8 Å². The summed E-state index contributed by atoms with van der Waals surface area (Å²) in [6.07, 6.45) is 1.87. The number of fused-ring (bicyclic) bond motifs is 1. The number of aromatic amines is 1. The molecule has 0 radical (unpaired) electrons. The number of aromatic nitrogens is 4. The fourth-order valence-corrected chi connectivity index (χ4v) is 5.93. The van der Waals surface area contributed by atoms with E-state index in [0.717, 1.165) is 33.2 Å². The van der Waals surface area contributed by atoms with Crippen LogP contribution < -0.4 is 9.46 Å². The lowest BCUT2D eigenvalue weighted by Crippen LogP contribution is -2.30. The van der Waals surface area contributed by atoms with E-state index >= 15 is 0 Å². The Hall–Kier alpha value is -3.17. The Bertz CT molecular complexity index is 1410. The second-order valence-corrected chi connectivity index (χ2v) is 10.00. The molecule has 0 aliphatic heterocycles. The number of ether oxygens (including phenoxy) is 1. The summed E-state index contributed by atoms with van der Waals surface area (Å²) in [7, 11) is -3.78. The molecule has 2 heterocycles. The number of H-pyrrole nitrogens is 1. The minimum atomic E-state index is -3.78. The number of sulfonamides is 1. The summed E-state index contributed by atoms with van der Waals surface area (Å²) in [5.41, 5.74) is 4.34. The molecule has 2 aromatic heterocycles. The van der Waals surface area contributed by atoms with Crippen molar-refractivity contribution >= 4 is 20.9 Å². The highest BCUT2D eigenvalue weighted by molar-refractivity contribution is 7.89. The third-order valence-corrected chi connectivity index (χ3v) is 7.90. The van der Waals surface area contributed by atoms with Gasteiger partial charge in [-0.3, -0.25) is 4.57 Å². The Balaban J connectivity index is 1.63. The van der Waals surface area contributed by atoms with Gasteiger partial charge >= 0.3 is 6.01 Å². The van der Waals surface area contributed by atoms with Gasteiger partial charge in [-0.1, -0.05) is 11.2 Å². The number of aryl methyl sites for hydroxylation is 2. The number of rotatable bonds is 7. The Morgan fingerprint density at radius 3 is 2.42 bits per heavy atom. The zero-order valence-corrected chi connectivity index (χ0v) is 20.5. The third kappa shape index (κ3) is 4.26. The topological polar surface area (TPSA) is 102 Å². The average Bonchev–Trinajstić information content (AvgIpc) is 3.38. The van der Waals surface area contributed by atoms with Crippen molar-refractivity contribution in [2.75, 3.05) is 0 Å². The van der Waals surface area contributed by atoms with Gasteiger partial charge < -0.3 is 9.72 Å². The van der Waals surface area contributed by atoms with E-state index in [1.54, 1.807) is 11.5 Å². The van der Waals surface area contributed by atoms with Crippen LogP contribution in [0.5, 0.6) is 11.8 Å². The van der Waals surface area contributed by atoms with Crippen molar-refractivity contribution < 1.29 is 13.2 Å². The third-order valence-electron chi connectivity index (χ3n) is 6.08. The highest BCUT2D eigenvalue weighted by Crippen LogP contribution is 2.29. The lowest BCUT2D eigenvalue weighted by atomic mass is 10.0. The maximum absolute atomic E-state index is 13.4. The van der Waals surface area contributed by atoms with Gasteiger partial charge in [0, 0.05) is 24.3 Å². The van der Waals surface area contributed by atoms with Crippen LogP contribution in [0, 0.1) is 27.7 Å². The van der Waals surface area contributed by atoms with Gasteiger partial charge in [0.2, 0.25) is 10.0 Å². The normalized spacial score (nSPS) is 12.9. The van der Waals surface area contributed by atoms with Gasteiger partial charge in [-0.15, -0.1) is 5.10 Å². The minimum Gasteiger partial charge on any atom is -0.424 e. The van der Waals surface area contributed by atoms with E-state index in [0.29, 0.717) is 29.0 Å². The minimum absolute atomic E-state index is 0.309. The molecule has 0 spiro atoms. The fourth-order valence-electron chi connectivity index (χ4n) is 4.12. The fraction of sp³-hybridized carbons (Fsp3) is 0.333. The molecule has 33 heavy (non-hydrogen) atoms. The van der Waals surface area contributed by atoms with E-state index in [4.69, 9.17) is 4.74 Å². The number of hydrogen-bond donors (Lipinski definition) is 2. The standard InChI is InChI=1S/C24H29N5O3S/c1-7-29-23(26-27-24(29)32-20-9-8-19-10-11-25-21(19)13-20)18(6)28-33(30,31)22-16(4)14(2)12-15(3)17(22)5/h8-13,18,25,28H,7H2,1-6H3/t18-/m1/s1. The Labute approximate surface area is 194 Å². The van der Waals surface area contributed by atoms with Crippen LogP contribution in [0.4, 0.5) is 0 Å². The van der Waals surface area contributed by atoms with Gasteiger partial charge in [-0.05, 0) is 87.4 Å². The summed E-state index contributed by atoms with van der Waals surface area (Å²) in [6, 6.07) is 9.41. The van der Waals surface area contributed by atoms with Crippen LogP contribution in [0.3, 0.4) is 0 Å². The molecule has 0 aliphatic rings. The van der Waals surface area contributed by atoms with Gasteiger partial charge in [-0.2, -0.15) is 0 Å². The largest absolute Gasteiger partial charge is 0.424 e. The Morgan fingerprint density at radius 1 is 1.06 bits per heavy atom. The molecular weight excluding hydrogens is 438 g/mol. The molecule has 0 saturated carbocycles. The first-order valence-electron chi connectivity index (χ1n) is 10.9. The number of nitrogens with zero attached hydrogens (tertiary/aromatic N) is 3. The number of nitrogens with one attached hydrogen (secondary N) is 2. The maximum Gasteiger partial charge on any atom is 0.322 e. The Kier molecular flexibility index (Phi) is 6.02. The summed E-state index contributed by atoms with van der Waals surface area (Å²) in [6.45, 7) is 11.7. The first kappa shape index (κ1) is 23.0. The highest BCUT2D eigenvalue weighted by Gasteiger charge is 2.27. The van der Waals surface area contributed by atoms with E-state index in [1.807, 2.05) is 71.1 Å². The molecule has 2 aromatic carbocycles. The molecule has 0 bridgehead atoms. The van der Waals surface area contributed by atoms with E-state index in [9.17, 15) is 8.42 Å². The average molecular weight is 468 g/mol. The van der Waals surface area contributed by atoms with Crippen molar-refractivity contribution in [3.05, 3.63) is 64.6 Å². The SMILES string of the molecule is CCn1c(Oc2ccc3cc[nH]c3c2)nnc1[C@@H](C)NS(=O)(=O)c1c(C)c(C)cc(C)c1C. The first-order chi connectivity index (χ1) is 15.6. The van der Waals surface area contributed by atoms with Gasteiger partial charge in [0.05, 0.1) is 10.9 Å². The maximum atomic E-state index is 13.4. The van der Waals surface area contributed by atoms with Crippen molar-refractivity contribution in [1.29, 1.82) is 0 Å². The van der Waals surface area contributed by atoms with E-state index in [2.05, 4.69) is 19.9 Å². The predicted octanol–water partition coefficient (Wildman–Crippen LogP) is 4.84. The summed E-state index contributed by atoms with van der Waals surface area (Å²) < 4.78 is 37.3. The van der Waals surface area contributed by atoms with Crippen molar-refractivity contribution in [2.45, 2.75) is 59.0 Å². The summed E-state index contributed by atoms with van der Waals surface area (Å²) in [4.78, 5) is 3.48. The van der Waals surface area contributed by atoms with E-state index in [1.165, 1.54) is 0 Å². The highest BCUT2D eigenvalue weighted by atomic mass is 32.2. The van der Waals surface area contributed by atoms with Crippen LogP contribution in [-0.2, 0) is 16.6 Å². The molecule has 2 N–H and O–H groups in total. The van der Waals surface area contributed by atoms with Gasteiger partial charge in [0.25, 0.3) is 0 Å². The smallest absolute Gasteiger partial charge is 0.322 e. The monoisotopic (exact) mass is 467 g/mol. The van der Waals surface area contributed by atoms with Crippen LogP contribution >= 0.6 is 0 Å². The van der Waals surface area contributed by atoms with Crippen LogP contribution in [-0.4, -0.2) is 28.2 Å². The first-order valence-corrected chi connectivity index (χ1v) is 12.4. The predicted molar refractivity (Wildman–Crippen MR) is 128 cm³/mol.